The van der Waals surface area contributed by atoms with E-state index in [0.29, 0.717) is 36.9 Å². The van der Waals surface area contributed by atoms with Crippen molar-refractivity contribution in [3.63, 3.8) is 0 Å². The molecule has 1 aliphatic rings. The van der Waals surface area contributed by atoms with Crippen LogP contribution < -0.4 is 9.47 Å². The third-order valence-corrected chi connectivity index (χ3v) is 5.13. The summed E-state index contributed by atoms with van der Waals surface area (Å²) >= 11 is 0. The van der Waals surface area contributed by atoms with Gasteiger partial charge in [0.1, 0.15) is 0 Å². The molecule has 2 aromatic rings. The molecule has 2 heterocycles. The summed E-state index contributed by atoms with van der Waals surface area (Å²) in [6.45, 7) is 6.21. The second-order valence-corrected chi connectivity index (χ2v) is 7.40. The molecule has 1 aromatic heterocycles. The molecule has 166 valence electrons. The van der Waals surface area contributed by atoms with Gasteiger partial charge >= 0.3 is 5.97 Å². The predicted molar refractivity (Wildman–Crippen MR) is 117 cm³/mol. The summed E-state index contributed by atoms with van der Waals surface area (Å²) < 4.78 is 23.6. The van der Waals surface area contributed by atoms with Crippen molar-refractivity contribution < 1.29 is 28.5 Å². The Labute approximate surface area is 182 Å². The van der Waals surface area contributed by atoms with Gasteiger partial charge in [-0.25, -0.2) is 4.79 Å². The third-order valence-electron chi connectivity index (χ3n) is 5.13. The van der Waals surface area contributed by atoms with Crippen molar-refractivity contribution >= 4 is 17.8 Å². The molecule has 1 aromatic carbocycles. The van der Waals surface area contributed by atoms with Crippen molar-refractivity contribution in [2.24, 2.45) is 0 Å². The van der Waals surface area contributed by atoms with E-state index >= 15 is 0 Å². The average molecular weight is 427 g/mol. The van der Waals surface area contributed by atoms with Crippen molar-refractivity contribution in [2.75, 3.05) is 33.5 Å². The van der Waals surface area contributed by atoms with Crippen LogP contribution in [0.3, 0.4) is 0 Å². The van der Waals surface area contributed by atoms with Gasteiger partial charge in [-0.3, -0.25) is 4.79 Å². The number of benzene rings is 1. The molecule has 0 bridgehead atoms. The Hall–Kier alpha value is -3.06. The lowest BCUT2D eigenvalue weighted by Gasteiger charge is -2.09. The van der Waals surface area contributed by atoms with Gasteiger partial charge in [-0.05, 0) is 50.1 Å². The van der Waals surface area contributed by atoms with E-state index in [9.17, 15) is 9.59 Å². The Kier molecular flexibility index (Phi) is 7.89. The Bertz CT molecular complexity index is 959. The van der Waals surface area contributed by atoms with E-state index in [4.69, 9.17) is 18.9 Å². The molecule has 0 amide bonds. The third kappa shape index (κ3) is 5.98. The minimum absolute atomic E-state index is 0.219. The standard InChI is InChI=1S/C24H29NO6/c1-17-14-20(18(2)25(17)10-4-11-28-3)21(26)16-31-24(27)9-7-19-6-8-22-23(15-19)30-13-5-12-29-22/h6-9,14-15H,4-5,10-13,16H2,1-3H3/b9-7+. The van der Waals surface area contributed by atoms with Gasteiger partial charge in [0.15, 0.2) is 18.1 Å². The second-order valence-electron chi connectivity index (χ2n) is 7.40. The van der Waals surface area contributed by atoms with E-state index in [-0.39, 0.29) is 12.4 Å². The lowest BCUT2D eigenvalue weighted by molar-refractivity contribution is -0.136. The van der Waals surface area contributed by atoms with Gasteiger partial charge in [-0.15, -0.1) is 0 Å². The van der Waals surface area contributed by atoms with Gasteiger partial charge in [-0.2, -0.15) is 0 Å². The molecule has 0 aliphatic carbocycles. The fraction of sp³-hybridized carbons (Fsp3) is 0.417. The maximum atomic E-state index is 12.6. The van der Waals surface area contributed by atoms with Gasteiger partial charge in [0.25, 0.3) is 0 Å². The lowest BCUT2D eigenvalue weighted by Crippen LogP contribution is -2.14. The van der Waals surface area contributed by atoms with Crippen LogP contribution in [0.15, 0.2) is 30.3 Å². The van der Waals surface area contributed by atoms with Crippen LogP contribution in [0.4, 0.5) is 0 Å². The molecular formula is C24H29NO6. The number of esters is 1. The highest BCUT2D eigenvalue weighted by Gasteiger charge is 2.17. The minimum Gasteiger partial charge on any atom is -0.490 e. The number of nitrogens with zero attached hydrogens (tertiary/aromatic N) is 1. The van der Waals surface area contributed by atoms with Crippen LogP contribution in [0.5, 0.6) is 11.5 Å². The molecule has 7 heteroatoms. The quantitative estimate of drug-likeness (QED) is 0.263. The fourth-order valence-corrected chi connectivity index (χ4v) is 3.50. The predicted octanol–water partition coefficient (Wildman–Crippen LogP) is 3.74. The molecule has 0 saturated carbocycles. The number of ether oxygens (including phenoxy) is 4. The van der Waals surface area contributed by atoms with E-state index in [1.54, 1.807) is 13.2 Å². The molecule has 0 spiro atoms. The lowest BCUT2D eigenvalue weighted by atomic mass is 10.1. The van der Waals surface area contributed by atoms with E-state index in [1.807, 2.05) is 38.1 Å². The Balaban J connectivity index is 1.55. The van der Waals surface area contributed by atoms with Crippen LogP contribution in [0.2, 0.25) is 0 Å². The van der Waals surface area contributed by atoms with E-state index in [2.05, 4.69) is 4.57 Å². The number of carbonyl (C=O) groups excluding carboxylic acids is 2. The number of Topliss-reactive ketones (excluding diaryl/α,β-unsaturated/α-hetero) is 1. The van der Waals surface area contributed by atoms with Crippen molar-refractivity contribution in [2.45, 2.75) is 33.2 Å². The maximum absolute atomic E-state index is 12.6. The van der Waals surface area contributed by atoms with E-state index in [0.717, 1.165) is 36.3 Å². The first kappa shape index (κ1) is 22.6. The number of fused-ring (bicyclic) bond motifs is 1. The van der Waals surface area contributed by atoms with Gasteiger partial charge in [0.05, 0.1) is 13.2 Å². The number of hydrogen-bond donors (Lipinski definition) is 0. The van der Waals surface area contributed by atoms with Crippen LogP contribution in [-0.2, 0) is 20.8 Å². The Morgan fingerprint density at radius 1 is 1.13 bits per heavy atom. The van der Waals surface area contributed by atoms with Crippen LogP contribution in [0, 0.1) is 13.8 Å². The van der Waals surface area contributed by atoms with E-state index in [1.165, 1.54) is 6.08 Å². The van der Waals surface area contributed by atoms with Crippen molar-refractivity contribution in [1.82, 2.24) is 4.57 Å². The fourth-order valence-electron chi connectivity index (χ4n) is 3.50. The first-order valence-corrected chi connectivity index (χ1v) is 10.4. The summed E-state index contributed by atoms with van der Waals surface area (Å²) in [5, 5.41) is 0. The van der Waals surface area contributed by atoms with Crippen molar-refractivity contribution in [1.29, 1.82) is 0 Å². The first-order valence-electron chi connectivity index (χ1n) is 10.4. The average Bonchev–Trinajstić information content (AvgIpc) is 2.93. The van der Waals surface area contributed by atoms with Crippen LogP contribution >= 0.6 is 0 Å². The number of aryl methyl sites for hydroxylation is 1. The number of rotatable bonds is 9. The highest BCUT2D eigenvalue weighted by Crippen LogP contribution is 2.30. The molecule has 0 saturated heterocycles. The van der Waals surface area contributed by atoms with Gasteiger partial charge < -0.3 is 23.5 Å². The SMILES string of the molecule is COCCCn1c(C)cc(C(=O)COC(=O)/C=C/c2ccc3c(c2)OCCCO3)c1C. The summed E-state index contributed by atoms with van der Waals surface area (Å²) in [4.78, 5) is 24.7. The number of ketones is 1. The monoisotopic (exact) mass is 427 g/mol. The maximum Gasteiger partial charge on any atom is 0.331 e. The number of carbonyl (C=O) groups is 2. The topological polar surface area (TPSA) is 76.0 Å². The van der Waals surface area contributed by atoms with Crippen LogP contribution in [-0.4, -0.2) is 49.9 Å². The highest BCUT2D eigenvalue weighted by molar-refractivity contribution is 6.00. The summed E-state index contributed by atoms with van der Waals surface area (Å²) in [7, 11) is 1.67. The molecular weight excluding hydrogens is 398 g/mol. The minimum atomic E-state index is -0.575. The molecule has 0 radical (unpaired) electrons. The summed E-state index contributed by atoms with van der Waals surface area (Å²) in [6, 6.07) is 7.30. The summed E-state index contributed by atoms with van der Waals surface area (Å²) in [5.74, 6) is 0.560. The zero-order valence-corrected chi connectivity index (χ0v) is 18.3. The molecule has 0 unspecified atom stereocenters. The summed E-state index contributed by atoms with van der Waals surface area (Å²) in [5.41, 5.74) is 3.23. The molecule has 0 fully saturated rings. The zero-order valence-electron chi connectivity index (χ0n) is 18.3. The largest absolute Gasteiger partial charge is 0.490 e. The molecule has 1 aliphatic heterocycles. The van der Waals surface area contributed by atoms with E-state index < -0.39 is 5.97 Å². The number of methoxy groups -OCH3 is 1. The van der Waals surface area contributed by atoms with Crippen molar-refractivity contribution in [3.05, 3.63) is 52.9 Å². The first-order chi connectivity index (χ1) is 15.0. The molecule has 7 nitrogen and oxygen atoms in total. The van der Waals surface area contributed by atoms with Crippen LogP contribution in [0.25, 0.3) is 6.08 Å². The Morgan fingerprint density at radius 3 is 2.68 bits per heavy atom. The highest BCUT2D eigenvalue weighted by atomic mass is 16.5. The van der Waals surface area contributed by atoms with Crippen molar-refractivity contribution in [3.8, 4) is 11.5 Å². The number of aromatic nitrogens is 1. The second kappa shape index (κ2) is 10.8. The Morgan fingerprint density at radius 2 is 1.90 bits per heavy atom. The zero-order chi connectivity index (χ0) is 22.2. The smallest absolute Gasteiger partial charge is 0.331 e. The van der Waals surface area contributed by atoms with Gasteiger partial charge in [0, 0.05) is 49.7 Å². The molecule has 0 atom stereocenters. The van der Waals surface area contributed by atoms with Gasteiger partial charge in [-0.1, -0.05) is 6.07 Å². The van der Waals surface area contributed by atoms with Crippen LogP contribution in [0.1, 0.15) is 40.2 Å². The van der Waals surface area contributed by atoms with Gasteiger partial charge in [0.2, 0.25) is 5.78 Å². The molecule has 0 N–H and O–H groups in total. The normalized spacial score (nSPS) is 13.3. The molecule has 3 rings (SSSR count). The summed E-state index contributed by atoms with van der Waals surface area (Å²) in [6.07, 6.45) is 4.62. The molecule has 31 heavy (non-hydrogen) atoms. The number of hydrogen-bond acceptors (Lipinski definition) is 6.